The first kappa shape index (κ1) is 20.6. The monoisotopic (exact) mass is 486 g/mol. The molecule has 1 aromatic heterocycles. The normalized spacial score (nSPS) is 13.3. The van der Waals surface area contributed by atoms with E-state index >= 15 is 0 Å². The van der Waals surface area contributed by atoms with Gasteiger partial charge in [0, 0.05) is 11.0 Å². The van der Waals surface area contributed by atoms with Gasteiger partial charge in [-0.25, -0.2) is 4.98 Å². The van der Waals surface area contributed by atoms with Crippen molar-refractivity contribution >= 4 is 61.8 Å². The van der Waals surface area contributed by atoms with Crippen molar-refractivity contribution in [3.8, 4) is 0 Å². The maximum Gasteiger partial charge on any atom is 0.262 e. The fourth-order valence-corrected chi connectivity index (χ4v) is 4.63. The van der Waals surface area contributed by atoms with Gasteiger partial charge in [0.25, 0.3) is 5.56 Å². The largest absolute Gasteiger partial charge is 0.323 e. The fourth-order valence-electron chi connectivity index (χ4n) is 3.36. The number of carbonyl (C=O) groups is 2. The molecule has 0 saturated carbocycles. The number of rotatable bonds is 5. The molecule has 0 aliphatic carbocycles. The van der Waals surface area contributed by atoms with Gasteiger partial charge in [0.1, 0.15) is 6.54 Å². The molecular formula is C21H19BrN4O3S. The molecule has 1 N–H and O–H groups in total. The summed E-state index contributed by atoms with van der Waals surface area (Å²) in [6.07, 6.45) is 0.766. The van der Waals surface area contributed by atoms with Gasteiger partial charge in [0.2, 0.25) is 11.8 Å². The van der Waals surface area contributed by atoms with E-state index in [9.17, 15) is 14.4 Å². The zero-order valence-electron chi connectivity index (χ0n) is 16.2. The molecule has 2 amide bonds. The molecule has 0 atom stereocenters. The molecule has 0 radical (unpaired) electrons. The highest BCUT2D eigenvalue weighted by Gasteiger charge is 2.27. The molecule has 0 bridgehead atoms. The van der Waals surface area contributed by atoms with Gasteiger partial charge in [-0.3, -0.25) is 19.0 Å². The maximum atomic E-state index is 13.0. The smallest absolute Gasteiger partial charge is 0.262 e. The van der Waals surface area contributed by atoms with E-state index in [0.717, 1.165) is 10.9 Å². The number of para-hydroxylation sites is 2. The molecule has 1 aliphatic rings. The van der Waals surface area contributed by atoms with Crippen molar-refractivity contribution < 1.29 is 9.59 Å². The van der Waals surface area contributed by atoms with Gasteiger partial charge >= 0.3 is 0 Å². The van der Waals surface area contributed by atoms with E-state index in [-0.39, 0.29) is 29.7 Å². The van der Waals surface area contributed by atoms with E-state index in [1.54, 1.807) is 28.8 Å². The average Bonchev–Trinajstić information content (AvgIpc) is 2.74. The third-order valence-corrected chi connectivity index (χ3v) is 6.18. The van der Waals surface area contributed by atoms with Gasteiger partial charge in [-0.15, -0.1) is 0 Å². The maximum absolute atomic E-state index is 13.0. The first-order chi connectivity index (χ1) is 14.5. The van der Waals surface area contributed by atoms with Gasteiger partial charge in [-0.2, -0.15) is 0 Å². The molecule has 9 heteroatoms. The summed E-state index contributed by atoms with van der Waals surface area (Å²) in [5, 5.41) is 3.81. The van der Waals surface area contributed by atoms with Crippen LogP contribution in [0.25, 0.3) is 10.9 Å². The first-order valence-electron chi connectivity index (χ1n) is 9.50. The molecular weight excluding hydrogens is 468 g/mol. The number of thioether (sulfide) groups is 1. The summed E-state index contributed by atoms with van der Waals surface area (Å²) in [6, 6.07) is 12.6. The number of anilines is 2. The Morgan fingerprint density at radius 1 is 1.23 bits per heavy atom. The number of hydrogen-bond acceptors (Lipinski definition) is 5. The van der Waals surface area contributed by atoms with E-state index in [2.05, 4.69) is 26.2 Å². The molecule has 30 heavy (non-hydrogen) atoms. The molecule has 4 rings (SSSR count). The molecule has 2 aromatic carbocycles. The first-order valence-corrected chi connectivity index (χ1v) is 11.3. The number of carbonyl (C=O) groups excluding carboxylic acids is 2. The molecule has 0 unspecified atom stereocenters. The van der Waals surface area contributed by atoms with Gasteiger partial charge in [-0.1, -0.05) is 46.7 Å². The topological polar surface area (TPSA) is 84.3 Å². The zero-order valence-corrected chi connectivity index (χ0v) is 18.6. The molecule has 0 fully saturated rings. The predicted molar refractivity (Wildman–Crippen MR) is 122 cm³/mol. The lowest BCUT2D eigenvalue weighted by Gasteiger charge is -2.29. The Kier molecular flexibility index (Phi) is 5.92. The number of benzene rings is 2. The average molecular weight is 487 g/mol. The van der Waals surface area contributed by atoms with Gasteiger partial charge in [0.15, 0.2) is 5.16 Å². The lowest BCUT2D eigenvalue weighted by molar-refractivity contribution is -0.120. The molecule has 1 aliphatic heterocycles. The highest BCUT2D eigenvalue weighted by Crippen LogP contribution is 2.30. The van der Waals surface area contributed by atoms with Crippen LogP contribution in [0.4, 0.5) is 11.4 Å². The highest BCUT2D eigenvalue weighted by molar-refractivity contribution is 9.10. The number of aromatic nitrogens is 2. The van der Waals surface area contributed by atoms with Crippen LogP contribution in [0, 0.1) is 0 Å². The number of halogens is 1. The minimum atomic E-state index is -0.232. The summed E-state index contributed by atoms with van der Waals surface area (Å²) >= 11 is 4.61. The van der Waals surface area contributed by atoms with Crippen LogP contribution in [0.5, 0.6) is 0 Å². The lowest BCUT2D eigenvalue weighted by atomic mass is 10.2. The van der Waals surface area contributed by atoms with Crippen LogP contribution in [0.3, 0.4) is 0 Å². The number of fused-ring (bicyclic) bond motifs is 2. The zero-order chi connectivity index (χ0) is 21.3. The van der Waals surface area contributed by atoms with Crippen molar-refractivity contribution in [2.45, 2.75) is 25.0 Å². The minimum Gasteiger partial charge on any atom is -0.323 e. The van der Waals surface area contributed by atoms with E-state index in [1.807, 2.05) is 25.1 Å². The third kappa shape index (κ3) is 3.99. The Morgan fingerprint density at radius 2 is 2.03 bits per heavy atom. The van der Waals surface area contributed by atoms with E-state index in [0.29, 0.717) is 34.0 Å². The number of hydrogen-bond donors (Lipinski definition) is 1. The van der Waals surface area contributed by atoms with Gasteiger partial charge in [-0.05, 0) is 36.8 Å². The molecule has 154 valence electrons. The summed E-state index contributed by atoms with van der Waals surface area (Å²) in [5.41, 5.74) is 1.75. The van der Waals surface area contributed by atoms with Gasteiger partial charge in [0.05, 0.1) is 28.0 Å². The van der Waals surface area contributed by atoms with Crippen LogP contribution in [0.2, 0.25) is 0 Å². The Balaban J connectivity index is 1.63. The van der Waals surface area contributed by atoms with Crippen LogP contribution in [-0.4, -0.2) is 33.7 Å². The Hall–Kier alpha value is -2.65. The van der Waals surface area contributed by atoms with Crippen molar-refractivity contribution in [3.63, 3.8) is 0 Å². The second kappa shape index (κ2) is 8.61. The van der Waals surface area contributed by atoms with E-state index in [4.69, 9.17) is 0 Å². The Morgan fingerprint density at radius 3 is 2.83 bits per heavy atom. The van der Waals surface area contributed by atoms with Crippen LogP contribution < -0.4 is 15.8 Å². The second-order valence-electron chi connectivity index (χ2n) is 6.85. The summed E-state index contributed by atoms with van der Waals surface area (Å²) in [5.74, 6) is -0.375. The van der Waals surface area contributed by atoms with Crippen molar-refractivity contribution in [3.05, 3.63) is 57.3 Å². The van der Waals surface area contributed by atoms with Crippen LogP contribution in [-0.2, 0) is 16.1 Å². The summed E-state index contributed by atoms with van der Waals surface area (Å²) in [6.45, 7) is 2.47. The number of amides is 2. The van der Waals surface area contributed by atoms with Crippen molar-refractivity contribution in [2.24, 2.45) is 0 Å². The SMILES string of the molecule is CCCn1c(SCC(=O)N2CC(=O)Nc3ccccc32)nc2ccc(Br)cc2c1=O. The second-order valence-corrected chi connectivity index (χ2v) is 8.70. The van der Waals surface area contributed by atoms with Crippen molar-refractivity contribution in [2.75, 3.05) is 22.5 Å². The molecule has 0 saturated heterocycles. The Labute approximate surface area is 185 Å². The molecule has 7 nitrogen and oxygen atoms in total. The molecule has 2 heterocycles. The Bertz CT molecular complexity index is 1210. The molecule has 0 spiro atoms. The number of nitrogens with zero attached hydrogens (tertiary/aromatic N) is 3. The van der Waals surface area contributed by atoms with Gasteiger partial charge < -0.3 is 10.2 Å². The standard InChI is InChI=1S/C21H19BrN4O3S/c1-2-9-25-20(29)14-10-13(22)7-8-15(14)24-21(25)30-12-19(28)26-11-18(27)23-16-5-3-4-6-17(16)26/h3-8,10H,2,9,11-12H2,1H3,(H,23,27). The fraction of sp³-hybridized carbons (Fsp3) is 0.238. The highest BCUT2D eigenvalue weighted by atomic mass is 79.9. The summed E-state index contributed by atoms with van der Waals surface area (Å²) in [7, 11) is 0. The number of nitrogens with one attached hydrogen (secondary N) is 1. The minimum absolute atomic E-state index is 0.0304. The van der Waals surface area contributed by atoms with E-state index < -0.39 is 0 Å². The van der Waals surface area contributed by atoms with Crippen LogP contribution in [0.15, 0.2) is 56.9 Å². The van der Waals surface area contributed by atoms with Crippen LogP contribution in [0.1, 0.15) is 13.3 Å². The quantitative estimate of drug-likeness (QED) is 0.439. The summed E-state index contributed by atoms with van der Waals surface area (Å²) < 4.78 is 2.43. The van der Waals surface area contributed by atoms with Crippen LogP contribution >= 0.6 is 27.7 Å². The van der Waals surface area contributed by atoms with Crippen molar-refractivity contribution in [1.29, 1.82) is 0 Å². The third-order valence-electron chi connectivity index (χ3n) is 4.72. The lowest BCUT2D eigenvalue weighted by Crippen LogP contribution is -2.43. The van der Waals surface area contributed by atoms with E-state index in [1.165, 1.54) is 16.7 Å². The summed E-state index contributed by atoms with van der Waals surface area (Å²) in [4.78, 5) is 44.0. The molecule has 3 aromatic rings. The predicted octanol–water partition coefficient (Wildman–Crippen LogP) is 3.65. The van der Waals surface area contributed by atoms with Crippen molar-refractivity contribution in [1.82, 2.24) is 9.55 Å².